The van der Waals surface area contributed by atoms with E-state index in [2.05, 4.69) is 39.4 Å². The Kier molecular flexibility index (Phi) is 2.79. The third kappa shape index (κ3) is 1.68. The Labute approximate surface area is 80.7 Å². The van der Waals surface area contributed by atoms with E-state index in [1.807, 2.05) is 0 Å². The zero-order valence-electron chi connectivity index (χ0n) is 5.93. The Morgan fingerprint density at radius 3 is 3.00 bits per heavy atom. The minimum absolute atomic E-state index is 0. The number of rotatable bonds is 0. The average Bonchev–Trinajstić information content (AvgIpc) is 2.33. The molecular formula is C8H9BrClN. The molecule has 0 spiro atoms. The Hall–Kier alpha value is -0.210. The van der Waals surface area contributed by atoms with Crippen LogP contribution in [0.5, 0.6) is 0 Å². The predicted molar refractivity (Wildman–Crippen MR) is 53.6 cm³/mol. The van der Waals surface area contributed by atoms with E-state index in [-0.39, 0.29) is 12.4 Å². The zero-order valence-corrected chi connectivity index (χ0v) is 8.33. The van der Waals surface area contributed by atoms with Crippen LogP contribution in [-0.2, 0) is 6.42 Å². The van der Waals surface area contributed by atoms with E-state index in [9.17, 15) is 0 Å². The number of hydrogen-bond acceptors (Lipinski definition) is 1. The maximum absolute atomic E-state index is 3.42. The van der Waals surface area contributed by atoms with Gasteiger partial charge in [0.05, 0.1) is 0 Å². The van der Waals surface area contributed by atoms with Crippen molar-refractivity contribution >= 4 is 34.0 Å². The standard InChI is InChI=1S/C8H8BrN.ClH/c9-7-2-1-6-3-4-10-8(6)5-7;/h1-2,5,10H,3-4H2;1H. The molecule has 0 atom stereocenters. The second kappa shape index (κ2) is 3.46. The third-order valence-electron chi connectivity index (χ3n) is 1.78. The second-order valence-corrected chi connectivity index (χ2v) is 3.39. The van der Waals surface area contributed by atoms with E-state index in [4.69, 9.17) is 0 Å². The third-order valence-corrected chi connectivity index (χ3v) is 2.27. The first-order valence-corrected chi connectivity index (χ1v) is 4.18. The van der Waals surface area contributed by atoms with Crippen molar-refractivity contribution in [2.75, 3.05) is 11.9 Å². The van der Waals surface area contributed by atoms with E-state index in [0.29, 0.717) is 0 Å². The van der Waals surface area contributed by atoms with Gasteiger partial charge in [0.15, 0.2) is 0 Å². The van der Waals surface area contributed by atoms with Crippen molar-refractivity contribution in [1.29, 1.82) is 0 Å². The molecule has 0 aromatic heterocycles. The first-order valence-electron chi connectivity index (χ1n) is 3.38. The summed E-state index contributed by atoms with van der Waals surface area (Å²) in [5.41, 5.74) is 2.72. The summed E-state index contributed by atoms with van der Waals surface area (Å²) < 4.78 is 1.15. The summed E-state index contributed by atoms with van der Waals surface area (Å²) in [5, 5.41) is 3.31. The van der Waals surface area contributed by atoms with Gasteiger partial charge in [0.25, 0.3) is 0 Å². The average molecular weight is 235 g/mol. The van der Waals surface area contributed by atoms with Crippen LogP contribution in [-0.4, -0.2) is 6.54 Å². The van der Waals surface area contributed by atoms with Crippen molar-refractivity contribution in [2.45, 2.75) is 6.42 Å². The lowest BCUT2D eigenvalue weighted by atomic mass is 10.2. The van der Waals surface area contributed by atoms with E-state index in [1.54, 1.807) is 0 Å². The molecule has 0 bridgehead atoms. The van der Waals surface area contributed by atoms with Crippen molar-refractivity contribution in [3.05, 3.63) is 28.2 Å². The van der Waals surface area contributed by atoms with Gasteiger partial charge in [-0.25, -0.2) is 0 Å². The van der Waals surface area contributed by atoms with E-state index in [1.165, 1.54) is 17.7 Å². The van der Waals surface area contributed by atoms with Crippen LogP contribution in [0.25, 0.3) is 0 Å². The highest BCUT2D eigenvalue weighted by atomic mass is 79.9. The van der Waals surface area contributed by atoms with Gasteiger partial charge in [-0.15, -0.1) is 12.4 Å². The molecule has 1 heterocycles. The zero-order chi connectivity index (χ0) is 6.97. The monoisotopic (exact) mass is 233 g/mol. The lowest BCUT2D eigenvalue weighted by molar-refractivity contribution is 1.11. The smallest absolute Gasteiger partial charge is 0.0384 e. The van der Waals surface area contributed by atoms with Gasteiger partial charge >= 0.3 is 0 Å². The number of nitrogens with one attached hydrogen (secondary N) is 1. The molecule has 60 valence electrons. The van der Waals surface area contributed by atoms with Crippen molar-refractivity contribution in [2.24, 2.45) is 0 Å². The van der Waals surface area contributed by atoms with Gasteiger partial charge in [0.1, 0.15) is 0 Å². The molecule has 0 radical (unpaired) electrons. The largest absolute Gasteiger partial charge is 0.384 e. The van der Waals surface area contributed by atoms with Gasteiger partial charge in [0.2, 0.25) is 0 Å². The van der Waals surface area contributed by atoms with Gasteiger partial charge in [0, 0.05) is 16.7 Å². The Balaban J connectivity index is 0.000000605. The first-order chi connectivity index (χ1) is 4.86. The highest BCUT2D eigenvalue weighted by Crippen LogP contribution is 2.25. The number of fused-ring (bicyclic) bond motifs is 1. The molecular weight excluding hydrogens is 225 g/mol. The minimum Gasteiger partial charge on any atom is -0.384 e. The van der Waals surface area contributed by atoms with Crippen LogP contribution in [0.15, 0.2) is 22.7 Å². The van der Waals surface area contributed by atoms with Gasteiger partial charge in [-0.3, -0.25) is 0 Å². The summed E-state index contributed by atoms with van der Waals surface area (Å²) in [7, 11) is 0. The van der Waals surface area contributed by atoms with Crippen molar-refractivity contribution in [3.63, 3.8) is 0 Å². The van der Waals surface area contributed by atoms with Crippen molar-refractivity contribution in [1.82, 2.24) is 0 Å². The molecule has 1 aromatic carbocycles. The lowest BCUT2D eigenvalue weighted by Crippen LogP contribution is -1.90. The molecule has 0 saturated carbocycles. The Bertz CT molecular complexity index is 262. The lowest BCUT2D eigenvalue weighted by Gasteiger charge is -1.97. The molecule has 1 nitrogen and oxygen atoms in total. The molecule has 0 unspecified atom stereocenters. The molecule has 0 aliphatic carbocycles. The van der Waals surface area contributed by atoms with Crippen LogP contribution in [0.1, 0.15) is 5.56 Å². The van der Waals surface area contributed by atoms with Crippen LogP contribution in [0.2, 0.25) is 0 Å². The summed E-state index contributed by atoms with van der Waals surface area (Å²) >= 11 is 3.42. The summed E-state index contributed by atoms with van der Waals surface area (Å²) in [5.74, 6) is 0. The van der Waals surface area contributed by atoms with E-state index >= 15 is 0 Å². The van der Waals surface area contributed by atoms with Crippen molar-refractivity contribution < 1.29 is 0 Å². The SMILES string of the molecule is Brc1ccc2c(c1)NCC2.Cl. The van der Waals surface area contributed by atoms with Crippen LogP contribution in [0.4, 0.5) is 5.69 Å². The Morgan fingerprint density at radius 2 is 2.18 bits per heavy atom. The molecule has 2 rings (SSSR count). The molecule has 0 fully saturated rings. The minimum atomic E-state index is 0. The number of hydrogen-bond donors (Lipinski definition) is 1. The quantitative estimate of drug-likeness (QED) is 0.728. The van der Waals surface area contributed by atoms with Crippen LogP contribution in [0.3, 0.4) is 0 Å². The summed E-state index contributed by atoms with van der Waals surface area (Å²) in [4.78, 5) is 0. The molecule has 11 heavy (non-hydrogen) atoms. The molecule has 1 aliphatic rings. The predicted octanol–water partition coefficient (Wildman–Crippen LogP) is 2.84. The number of halogens is 2. The van der Waals surface area contributed by atoms with Gasteiger partial charge in [-0.05, 0) is 24.1 Å². The highest BCUT2D eigenvalue weighted by Gasteiger charge is 2.08. The number of anilines is 1. The fourth-order valence-electron chi connectivity index (χ4n) is 1.26. The highest BCUT2D eigenvalue weighted by molar-refractivity contribution is 9.10. The molecule has 1 aliphatic heterocycles. The van der Waals surface area contributed by atoms with Crippen LogP contribution < -0.4 is 5.32 Å². The van der Waals surface area contributed by atoms with E-state index in [0.717, 1.165) is 11.0 Å². The number of benzene rings is 1. The van der Waals surface area contributed by atoms with Crippen molar-refractivity contribution in [3.8, 4) is 0 Å². The molecule has 0 amide bonds. The van der Waals surface area contributed by atoms with Gasteiger partial charge in [-0.1, -0.05) is 22.0 Å². The topological polar surface area (TPSA) is 12.0 Å². The van der Waals surface area contributed by atoms with Gasteiger partial charge < -0.3 is 5.32 Å². The molecule has 0 saturated heterocycles. The van der Waals surface area contributed by atoms with Gasteiger partial charge in [-0.2, -0.15) is 0 Å². The maximum atomic E-state index is 3.42. The van der Waals surface area contributed by atoms with Crippen LogP contribution >= 0.6 is 28.3 Å². The van der Waals surface area contributed by atoms with Crippen LogP contribution in [0, 0.1) is 0 Å². The molecule has 1 aromatic rings. The summed E-state index contributed by atoms with van der Waals surface area (Å²) in [6, 6.07) is 6.38. The normalized spacial score (nSPS) is 13.2. The van der Waals surface area contributed by atoms with E-state index < -0.39 is 0 Å². The maximum Gasteiger partial charge on any atom is 0.0384 e. The second-order valence-electron chi connectivity index (χ2n) is 2.48. The fraction of sp³-hybridized carbons (Fsp3) is 0.250. The summed E-state index contributed by atoms with van der Waals surface area (Å²) in [6.07, 6.45) is 1.17. The summed E-state index contributed by atoms with van der Waals surface area (Å²) in [6.45, 7) is 1.09. The fourth-order valence-corrected chi connectivity index (χ4v) is 1.62. The molecule has 1 N–H and O–H groups in total. The molecule has 3 heteroatoms. The first kappa shape index (κ1) is 8.88. The Morgan fingerprint density at radius 1 is 1.36 bits per heavy atom.